The van der Waals surface area contributed by atoms with Crippen LogP contribution in [-0.2, 0) is 0 Å². The molecule has 0 N–H and O–H groups in total. The molecule has 2 heteroatoms. The third-order valence-electron chi connectivity index (χ3n) is 2.09. The Morgan fingerprint density at radius 1 is 0.909 bits per heavy atom. The standard InChI is InChI=1S/C9H18N2/c1-8(2)10-5-6-11(7-10)9(3)4/h8-9H,5-6H2,1-4H3. The lowest BCUT2D eigenvalue weighted by Gasteiger charge is -2.21. The van der Waals surface area contributed by atoms with Crippen LogP contribution in [0.4, 0.5) is 0 Å². The van der Waals surface area contributed by atoms with Crippen molar-refractivity contribution >= 4 is 0 Å². The van der Waals surface area contributed by atoms with Crippen LogP contribution in [0, 0.1) is 6.67 Å². The van der Waals surface area contributed by atoms with Crippen molar-refractivity contribution < 1.29 is 0 Å². The van der Waals surface area contributed by atoms with Crippen molar-refractivity contribution in [2.24, 2.45) is 0 Å². The Bertz CT molecular complexity index is 107. The second kappa shape index (κ2) is 3.55. The Kier molecular flexibility index (Phi) is 2.90. The zero-order chi connectivity index (χ0) is 8.43. The van der Waals surface area contributed by atoms with Crippen LogP contribution in [0.15, 0.2) is 0 Å². The van der Waals surface area contributed by atoms with Gasteiger partial charge in [-0.3, -0.25) is 9.80 Å². The van der Waals surface area contributed by atoms with E-state index in [1.807, 2.05) is 0 Å². The van der Waals surface area contributed by atoms with Crippen molar-refractivity contribution in [1.29, 1.82) is 0 Å². The molecule has 0 aromatic heterocycles. The van der Waals surface area contributed by atoms with Gasteiger partial charge < -0.3 is 0 Å². The van der Waals surface area contributed by atoms with Crippen LogP contribution in [0.3, 0.4) is 0 Å². The van der Waals surface area contributed by atoms with Gasteiger partial charge in [-0.15, -0.1) is 0 Å². The second-order valence-electron chi connectivity index (χ2n) is 3.67. The highest BCUT2D eigenvalue weighted by molar-refractivity contribution is 4.84. The van der Waals surface area contributed by atoms with Crippen LogP contribution in [0.25, 0.3) is 0 Å². The van der Waals surface area contributed by atoms with Gasteiger partial charge in [-0.2, -0.15) is 0 Å². The molecule has 0 spiro atoms. The lowest BCUT2D eigenvalue weighted by Crippen LogP contribution is -2.28. The van der Waals surface area contributed by atoms with Gasteiger partial charge in [-0.25, -0.2) is 0 Å². The van der Waals surface area contributed by atoms with E-state index in [9.17, 15) is 0 Å². The van der Waals surface area contributed by atoms with Gasteiger partial charge in [0.2, 0.25) is 0 Å². The van der Waals surface area contributed by atoms with E-state index in [2.05, 4.69) is 44.2 Å². The van der Waals surface area contributed by atoms with Crippen LogP contribution in [0.2, 0.25) is 0 Å². The molecule has 0 saturated carbocycles. The van der Waals surface area contributed by atoms with Crippen molar-refractivity contribution in [3.05, 3.63) is 6.67 Å². The van der Waals surface area contributed by atoms with E-state index in [-0.39, 0.29) is 0 Å². The summed E-state index contributed by atoms with van der Waals surface area (Å²) in [5.74, 6) is 0. The number of hydrogen-bond donors (Lipinski definition) is 0. The molecule has 2 nitrogen and oxygen atoms in total. The molecule has 0 unspecified atom stereocenters. The molecule has 0 bridgehead atoms. The van der Waals surface area contributed by atoms with Crippen molar-refractivity contribution in [2.45, 2.75) is 39.8 Å². The molecule has 1 aliphatic rings. The van der Waals surface area contributed by atoms with Gasteiger partial charge in [0.05, 0.1) is 0 Å². The zero-order valence-electron chi connectivity index (χ0n) is 7.96. The molecule has 0 amide bonds. The van der Waals surface area contributed by atoms with E-state index in [4.69, 9.17) is 0 Å². The molecule has 1 heterocycles. The van der Waals surface area contributed by atoms with Crippen molar-refractivity contribution in [2.75, 3.05) is 13.1 Å². The molecule has 0 atom stereocenters. The van der Waals surface area contributed by atoms with Gasteiger partial charge >= 0.3 is 0 Å². The summed E-state index contributed by atoms with van der Waals surface area (Å²) >= 11 is 0. The number of hydrogen-bond acceptors (Lipinski definition) is 2. The Hall–Kier alpha value is -0.0800. The van der Waals surface area contributed by atoms with Crippen LogP contribution in [0.1, 0.15) is 27.7 Å². The minimum atomic E-state index is 0.596. The summed E-state index contributed by atoms with van der Waals surface area (Å²) in [7, 11) is 0. The Balaban J connectivity index is 2.35. The maximum absolute atomic E-state index is 3.36. The van der Waals surface area contributed by atoms with Gasteiger partial charge in [0.15, 0.2) is 0 Å². The third-order valence-corrected chi connectivity index (χ3v) is 2.09. The Labute approximate surface area is 70.2 Å². The van der Waals surface area contributed by atoms with Gasteiger partial charge in [-0.05, 0) is 27.7 Å². The van der Waals surface area contributed by atoms with E-state index in [1.54, 1.807) is 0 Å². The molecular formula is C9H18N2. The molecular weight excluding hydrogens is 136 g/mol. The Morgan fingerprint density at radius 3 is 1.45 bits per heavy atom. The minimum absolute atomic E-state index is 0.596. The first-order valence-electron chi connectivity index (χ1n) is 4.41. The maximum atomic E-state index is 3.36. The smallest absolute Gasteiger partial charge is 0.147 e. The Morgan fingerprint density at radius 2 is 1.27 bits per heavy atom. The topological polar surface area (TPSA) is 6.48 Å². The van der Waals surface area contributed by atoms with E-state index in [0.717, 1.165) is 13.1 Å². The van der Waals surface area contributed by atoms with Crippen molar-refractivity contribution in [3.8, 4) is 0 Å². The first kappa shape index (κ1) is 9.01. The fourth-order valence-electron chi connectivity index (χ4n) is 1.23. The molecule has 1 rings (SSSR count). The normalized spacial score (nSPS) is 22.4. The molecule has 0 aliphatic carbocycles. The largest absolute Gasteiger partial charge is 0.276 e. The summed E-state index contributed by atoms with van der Waals surface area (Å²) in [4.78, 5) is 4.53. The van der Waals surface area contributed by atoms with E-state index in [1.165, 1.54) is 0 Å². The van der Waals surface area contributed by atoms with Gasteiger partial charge in [0.25, 0.3) is 0 Å². The predicted molar refractivity (Wildman–Crippen MR) is 46.9 cm³/mol. The SMILES string of the molecule is CC(C)N1[C]N(C(C)C)CC1. The first-order valence-corrected chi connectivity index (χ1v) is 4.41. The highest BCUT2D eigenvalue weighted by Gasteiger charge is 2.24. The van der Waals surface area contributed by atoms with Crippen LogP contribution >= 0.6 is 0 Å². The average molecular weight is 154 g/mol. The van der Waals surface area contributed by atoms with Gasteiger partial charge in [0, 0.05) is 25.2 Å². The molecule has 2 radical (unpaired) electrons. The molecule has 1 aliphatic heterocycles. The van der Waals surface area contributed by atoms with E-state index < -0.39 is 0 Å². The van der Waals surface area contributed by atoms with Crippen molar-refractivity contribution in [3.63, 3.8) is 0 Å². The fourth-order valence-corrected chi connectivity index (χ4v) is 1.23. The van der Waals surface area contributed by atoms with Crippen molar-refractivity contribution in [1.82, 2.24) is 9.80 Å². The quantitative estimate of drug-likeness (QED) is 0.593. The highest BCUT2D eigenvalue weighted by atomic mass is 15.4. The lowest BCUT2D eigenvalue weighted by atomic mass is 10.3. The third kappa shape index (κ3) is 2.17. The molecule has 64 valence electrons. The fraction of sp³-hybridized carbons (Fsp3) is 0.889. The zero-order valence-corrected chi connectivity index (χ0v) is 7.96. The first-order chi connectivity index (χ1) is 5.11. The monoisotopic (exact) mass is 154 g/mol. The van der Waals surface area contributed by atoms with Gasteiger partial charge in [-0.1, -0.05) is 0 Å². The number of nitrogens with zero attached hydrogens (tertiary/aromatic N) is 2. The van der Waals surface area contributed by atoms with E-state index in [0.29, 0.717) is 12.1 Å². The summed E-state index contributed by atoms with van der Waals surface area (Å²) in [6, 6.07) is 1.19. The molecule has 0 aromatic carbocycles. The van der Waals surface area contributed by atoms with Crippen LogP contribution in [0.5, 0.6) is 0 Å². The summed E-state index contributed by atoms with van der Waals surface area (Å²) in [6.45, 7) is 14.4. The van der Waals surface area contributed by atoms with Crippen LogP contribution in [-0.4, -0.2) is 35.0 Å². The van der Waals surface area contributed by atoms with Crippen LogP contribution < -0.4 is 0 Å². The highest BCUT2D eigenvalue weighted by Crippen LogP contribution is 2.15. The predicted octanol–water partition coefficient (Wildman–Crippen LogP) is 1.42. The lowest BCUT2D eigenvalue weighted by molar-refractivity contribution is 0.255. The van der Waals surface area contributed by atoms with E-state index >= 15 is 0 Å². The molecule has 1 saturated heterocycles. The molecule has 11 heavy (non-hydrogen) atoms. The summed E-state index contributed by atoms with van der Waals surface area (Å²) in [6.07, 6.45) is 0. The maximum Gasteiger partial charge on any atom is 0.147 e. The second-order valence-corrected chi connectivity index (χ2v) is 3.67. The summed E-state index contributed by atoms with van der Waals surface area (Å²) in [5, 5.41) is 0. The molecule has 0 aromatic rings. The molecule has 1 fully saturated rings. The minimum Gasteiger partial charge on any atom is -0.276 e. The average Bonchev–Trinajstić information content (AvgIpc) is 2.33. The van der Waals surface area contributed by atoms with Gasteiger partial charge in [0.1, 0.15) is 6.67 Å². The number of rotatable bonds is 2. The summed E-state index contributed by atoms with van der Waals surface area (Å²) in [5.41, 5.74) is 0. The summed E-state index contributed by atoms with van der Waals surface area (Å²) < 4.78 is 0.